The number of likely N-dealkylation sites (N-methyl/N-ethyl adjacent to an activating group) is 1. The summed E-state index contributed by atoms with van der Waals surface area (Å²) < 4.78 is 0. The minimum absolute atomic E-state index is 0.701. The van der Waals surface area contributed by atoms with Crippen molar-refractivity contribution in [3.05, 3.63) is 59.6 Å². The third-order valence-corrected chi connectivity index (χ3v) is 5.00. The number of H-pyrrole nitrogens is 1. The van der Waals surface area contributed by atoms with Gasteiger partial charge in [-0.15, -0.1) is 5.11 Å². The second-order valence-corrected chi connectivity index (χ2v) is 7.05. The fourth-order valence-electron chi connectivity index (χ4n) is 2.99. The zero-order chi connectivity index (χ0) is 18.6. The SMILES string of the molecule is CN1CCN(N=Nc2ccc(-c3cc(-c4ccccc4Cl)[nH]n3)cc2)CC1. The van der Waals surface area contributed by atoms with Gasteiger partial charge in [0.25, 0.3) is 0 Å². The first kappa shape index (κ1) is 17.7. The van der Waals surface area contributed by atoms with Crippen molar-refractivity contribution < 1.29 is 0 Å². The van der Waals surface area contributed by atoms with Crippen molar-refractivity contribution in [2.75, 3.05) is 33.2 Å². The van der Waals surface area contributed by atoms with Crippen molar-refractivity contribution in [2.45, 2.75) is 0 Å². The zero-order valence-corrected chi connectivity index (χ0v) is 15.9. The van der Waals surface area contributed by atoms with E-state index in [4.69, 9.17) is 11.6 Å². The normalized spacial score (nSPS) is 15.6. The van der Waals surface area contributed by atoms with E-state index in [2.05, 4.69) is 32.5 Å². The fourth-order valence-corrected chi connectivity index (χ4v) is 3.22. The van der Waals surface area contributed by atoms with Crippen molar-refractivity contribution in [2.24, 2.45) is 10.3 Å². The molecule has 0 bridgehead atoms. The number of aromatic amines is 1. The summed E-state index contributed by atoms with van der Waals surface area (Å²) >= 11 is 6.26. The maximum absolute atomic E-state index is 6.26. The number of hydrogen-bond donors (Lipinski definition) is 1. The lowest BCUT2D eigenvalue weighted by molar-refractivity contribution is 0.150. The Morgan fingerprint density at radius 3 is 2.48 bits per heavy atom. The highest BCUT2D eigenvalue weighted by Crippen LogP contribution is 2.29. The Balaban J connectivity index is 1.46. The smallest absolute Gasteiger partial charge is 0.0927 e. The number of benzene rings is 2. The predicted octanol–water partition coefficient (Wildman–Crippen LogP) is 4.64. The van der Waals surface area contributed by atoms with Gasteiger partial charge in [0.15, 0.2) is 0 Å². The lowest BCUT2D eigenvalue weighted by Gasteiger charge is -2.29. The summed E-state index contributed by atoms with van der Waals surface area (Å²) in [6.07, 6.45) is 0. The van der Waals surface area contributed by atoms with E-state index in [9.17, 15) is 0 Å². The number of nitrogens with zero attached hydrogens (tertiary/aromatic N) is 5. The molecule has 138 valence electrons. The molecule has 3 aromatic rings. The molecular weight excluding hydrogens is 360 g/mol. The molecule has 7 heteroatoms. The highest BCUT2D eigenvalue weighted by molar-refractivity contribution is 6.33. The minimum atomic E-state index is 0.701. The molecule has 1 aliphatic heterocycles. The largest absolute Gasteiger partial charge is 0.303 e. The number of piperazine rings is 1. The van der Waals surface area contributed by atoms with Crippen LogP contribution in [0.4, 0.5) is 5.69 Å². The van der Waals surface area contributed by atoms with Crippen molar-refractivity contribution >= 4 is 17.3 Å². The molecule has 1 N–H and O–H groups in total. The van der Waals surface area contributed by atoms with Gasteiger partial charge in [0.1, 0.15) is 0 Å². The zero-order valence-electron chi connectivity index (χ0n) is 15.1. The molecule has 1 aliphatic rings. The molecule has 2 aromatic carbocycles. The standard InChI is InChI=1S/C20H21ClN6/c1-26-10-12-27(13-11-26)25-22-16-8-6-15(7-9-16)19-14-20(24-23-19)17-4-2-3-5-18(17)21/h2-9,14H,10-13H2,1H3,(H,23,24). The Hall–Kier alpha value is -2.70. The first-order chi connectivity index (χ1) is 13.2. The Kier molecular flexibility index (Phi) is 5.18. The third kappa shape index (κ3) is 4.18. The van der Waals surface area contributed by atoms with Crippen LogP contribution < -0.4 is 0 Å². The molecular formula is C20H21ClN6. The van der Waals surface area contributed by atoms with E-state index in [0.717, 1.165) is 54.4 Å². The molecule has 0 spiro atoms. The Morgan fingerprint density at radius 2 is 1.74 bits per heavy atom. The predicted molar refractivity (Wildman–Crippen MR) is 108 cm³/mol. The molecule has 1 fully saturated rings. The Labute approximate surface area is 163 Å². The summed E-state index contributed by atoms with van der Waals surface area (Å²) in [5.74, 6) is 0. The second kappa shape index (κ2) is 7.90. The number of nitrogens with one attached hydrogen (secondary N) is 1. The van der Waals surface area contributed by atoms with E-state index < -0.39 is 0 Å². The van der Waals surface area contributed by atoms with Crippen LogP contribution in [0.2, 0.25) is 5.02 Å². The number of aromatic nitrogens is 2. The summed E-state index contributed by atoms with van der Waals surface area (Å²) in [5.41, 5.74) is 4.56. The number of rotatable bonds is 4. The van der Waals surface area contributed by atoms with Gasteiger partial charge < -0.3 is 4.90 Å². The molecule has 1 saturated heterocycles. The van der Waals surface area contributed by atoms with Gasteiger partial charge in [-0.05, 0) is 31.3 Å². The molecule has 0 radical (unpaired) electrons. The van der Waals surface area contributed by atoms with Gasteiger partial charge in [0.2, 0.25) is 0 Å². The average Bonchev–Trinajstić information content (AvgIpc) is 3.18. The third-order valence-electron chi connectivity index (χ3n) is 4.67. The van der Waals surface area contributed by atoms with Crippen LogP contribution in [0.1, 0.15) is 0 Å². The van der Waals surface area contributed by atoms with Crippen LogP contribution in [0.3, 0.4) is 0 Å². The summed E-state index contributed by atoms with van der Waals surface area (Å²) in [6, 6.07) is 17.6. The average molecular weight is 381 g/mol. The molecule has 0 aliphatic carbocycles. The molecule has 1 aromatic heterocycles. The van der Waals surface area contributed by atoms with Crippen LogP contribution in [-0.2, 0) is 0 Å². The van der Waals surface area contributed by atoms with Gasteiger partial charge in [-0.3, -0.25) is 10.1 Å². The quantitative estimate of drug-likeness (QED) is 0.670. The molecule has 6 nitrogen and oxygen atoms in total. The highest BCUT2D eigenvalue weighted by atomic mass is 35.5. The van der Waals surface area contributed by atoms with E-state index in [1.807, 2.05) is 59.6 Å². The first-order valence-electron chi connectivity index (χ1n) is 8.95. The number of hydrogen-bond acceptors (Lipinski definition) is 4. The molecule has 0 unspecified atom stereocenters. The minimum Gasteiger partial charge on any atom is -0.303 e. The van der Waals surface area contributed by atoms with Gasteiger partial charge in [-0.1, -0.05) is 47.2 Å². The van der Waals surface area contributed by atoms with E-state index in [-0.39, 0.29) is 0 Å². The van der Waals surface area contributed by atoms with Crippen LogP contribution in [-0.4, -0.2) is 53.3 Å². The first-order valence-corrected chi connectivity index (χ1v) is 9.33. The molecule has 0 atom stereocenters. The van der Waals surface area contributed by atoms with Crippen molar-refractivity contribution in [1.29, 1.82) is 0 Å². The molecule has 27 heavy (non-hydrogen) atoms. The Bertz CT molecular complexity index is 926. The maximum Gasteiger partial charge on any atom is 0.0927 e. The lowest BCUT2D eigenvalue weighted by atomic mass is 10.1. The monoisotopic (exact) mass is 380 g/mol. The molecule has 0 saturated carbocycles. The van der Waals surface area contributed by atoms with Gasteiger partial charge in [0.05, 0.1) is 30.2 Å². The van der Waals surface area contributed by atoms with Crippen LogP contribution in [0.5, 0.6) is 0 Å². The van der Waals surface area contributed by atoms with E-state index in [1.54, 1.807) is 0 Å². The van der Waals surface area contributed by atoms with Crippen molar-refractivity contribution in [3.8, 4) is 22.5 Å². The summed E-state index contributed by atoms with van der Waals surface area (Å²) in [6.45, 7) is 3.86. The van der Waals surface area contributed by atoms with Crippen molar-refractivity contribution in [3.63, 3.8) is 0 Å². The van der Waals surface area contributed by atoms with Gasteiger partial charge in [-0.25, -0.2) is 0 Å². The topological polar surface area (TPSA) is 59.9 Å². The second-order valence-electron chi connectivity index (χ2n) is 6.64. The van der Waals surface area contributed by atoms with E-state index in [1.165, 1.54) is 0 Å². The van der Waals surface area contributed by atoms with Gasteiger partial charge in [0, 0.05) is 29.2 Å². The number of halogens is 1. The van der Waals surface area contributed by atoms with Gasteiger partial charge >= 0.3 is 0 Å². The Morgan fingerprint density at radius 1 is 1.00 bits per heavy atom. The molecule has 4 rings (SSSR count). The van der Waals surface area contributed by atoms with E-state index >= 15 is 0 Å². The fraction of sp³-hybridized carbons (Fsp3) is 0.250. The van der Waals surface area contributed by atoms with Crippen LogP contribution in [0.25, 0.3) is 22.5 Å². The van der Waals surface area contributed by atoms with E-state index in [0.29, 0.717) is 5.02 Å². The lowest BCUT2D eigenvalue weighted by Crippen LogP contribution is -2.41. The summed E-state index contributed by atoms with van der Waals surface area (Å²) in [5, 5.41) is 18.9. The van der Waals surface area contributed by atoms with Crippen molar-refractivity contribution in [1.82, 2.24) is 20.1 Å². The summed E-state index contributed by atoms with van der Waals surface area (Å²) in [7, 11) is 2.12. The molecule has 0 amide bonds. The molecule has 2 heterocycles. The van der Waals surface area contributed by atoms with Crippen LogP contribution in [0, 0.1) is 0 Å². The maximum atomic E-state index is 6.26. The van der Waals surface area contributed by atoms with Crippen LogP contribution >= 0.6 is 11.6 Å². The van der Waals surface area contributed by atoms with Crippen LogP contribution in [0.15, 0.2) is 64.9 Å². The summed E-state index contributed by atoms with van der Waals surface area (Å²) in [4.78, 5) is 2.29. The van der Waals surface area contributed by atoms with Gasteiger partial charge in [-0.2, -0.15) is 5.10 Å². The highest BCUT2D eigenvalue weighted by Gasteiger charge is 2.12.